The maximum atomic E-state index is 5.76. The van der Waals surface area contributed by atoms with Crippen LogP contribution in [0.15, 0.2) is 12.2 Å². The first-order chi connectivity index (χ1) is 5.00. The fraction of sp³-hybridized carbons (Fsp3) is 0.800. The standard InChI is InChI=1S/C10H18O/c1-8-6-5-7-9(11-8)10(2,3)4/h5-6,8-9H,7H2,1-4H3. The Labute approximate surface area is 69.4 Å². The van der Waals surface area contributed by atoms with E-state index in [1.807, 2.05) is 0 Å². The van der Waals surface area contributed by atoms with E-state index >= 15 is 0 Å². The Kier molecular flexibility index (Phi) is 2.38. The fourth-order valence-corrected chi connectivity index (χ4v) is 1.31. The first-order valence-corrected chi connectivity index (χ1v) is 4.32. The molecular weight excluding hydrogens is 136 g/mol. The molecule has 11 heavy (non-hydrogen) atoms. The van der Waals surface area contributed by atoms with E-state index in [4.69, 9.17) is 4.74 Å². The van der Waals surface area contributed by atoms with Gasteiger partial charge in [-0.2, -0.15) is 0 Å². The normalized spacial score (nSPS) is 32.4. The largest absolute Gasteiger partial charge is 0.370 e. The Bertz CT molecular complexity index is 153. The van der Waals surface area contributed by atoms with E-state index < -0.39 is 0 Å². The second-order valence-corrected chi connectivity index (χ2v) is 4.36. The average Bonchev–Trinajstić information content (AvgIpc) is 1.86. The van der Waals surface area contributed by atoms with Gasteiger partial charge in [0.25, 0.3) is 0 Å². The minimum Gasteiger partial charge on any atom is -0.370 e. The van der Waals surface area contributed by atoms with Crippen molar-refractivity contribution in [3.8, 4) is 0 Å². The molecule has 0 saturated carbocycles. The van der Waals surface area contributed by atoms with Crippen LogP contribution in [-0.4, -0.2) is 12.2 Å². The molecule has 2 atom stereocenters. The molecule has 1 rings (SSSR count). The van der Waals surface area contributed by atoms with Crippen molar-refractivity contribution >= 4 is 0 Å². The molecule has 0 spiro atoms. The number of hydrogen-bond acceptors (Lipinski definition) is 1. The summed E-state index contributed by atoms with van der Waals surface area (Å²) in [6, 6.07) is 0. The zero-order valence-electron chi connectivity index (χ0n) is 7.92. The highest BCUT2D eigenvalue weighted by molar-refractivity contribution is 4.97. The van der Waals surface area contributed by atoms with Crippen LogP contribution in [0, 0.1) is 5.41 Å². The average molecular weight is 154 g/mol. The predicted octanol–water partition coefficient (Wildman–Crippen LogP) is 2.77. The fourth-order valence-electron chi connectivity index (χ4n) is 1.31. The lowest BCUT2D eigenvalue weighted by atomic mass is 9.86. The Balaban J connectivity index is 2.57. The molecule has 2 unspecified atom stereocenters. The van der Waals surface area contributed by atoms with Crippen molar-refractivity contribution in [3.63, 3.8) is 0 Å². The maximum Gasteiger partial charge on any atom is 0.0731 e. The first-order valence-electron chi connectivity index (χ1n) is 4.32. The van der Waals surface area contributed by atoms with Gasteiger partial charge in [0, 0.05) is 0 Å². The van der Waals surface area contributed by atoms with Gasteiger partial charge in [-0.05, 0) is 18.8 Å². The number of rotatable bonds is 0. The molecule has 0 aromatic rings. The molecule has 0 amide bonds. The Morgan fingerprint density at radius 3 is 2.36 bits per heavy atom. The van der Waals surface area contributed by atoms with Crippen LogP contribution in [0.3, 0.4) is 0 Å². The smallest absolute Gasteiger partial charge is 0.0731 e. The molecule has 1 heteroatoms. The Morgan fingerprint density at radius 2 is 2.00 bits per heavy atom. The van der Waals surface area contributed by atoms with Gasteiger partial charge in [-0.1, -0.05) is 32.9 Å². The third kappa shape index (κ3) is 2.33. The second kappa shape index (κ2) is 2.98. The molecule has 0 aromatic heterocycles. The monoisotopic (exact) mass is 154 g/mol. The lowest BCUT2D eigenvalue weighted by Gasteiger charge is -2.34. The number of ether oxygens (including phenoxy) is 1. The van der Waals surface area contributed by atoms with E-state index in [9.17, 15) is 0 Å². The summed E-state index contributed by atoms with van der Waals surface area (Å²) < 4.78 is 5.76. The second-order valence-electron chi connectivity index (χ2n) is 4.36. The molecule has 0 N–H and O–H groups in total. The topological polar surface area (TPSA) is 9.23 Å². The molecule has 1 nitrogen and oxygen atoms in total. The molecule has 1 aliphatic heterocycles. The third-order valence-corrected chi connectivity index (χ3v) is 2.10. The van der Waals surface area contributed by atoms with Crippen LogP contribution in [0.2, 0.25) is 0 Å². The van der Waals surface area contributed by atoms with Gasteiger partial charge >= 0.3 is 0 Å². The molecule has 0 bridgehead atoms. The van der Waals surface area contributed by atoms with Crippen molar-refractivity contribution in [1.29, 1.82) is 0 Å². The minimum absolute atomic E-state index is 0.277. The zero-order valence-corrected chi connectivity index (χ0v) is 7.92. The van der Waals surface area contributed by atoms with Crippen molar-refractivity contribution in [3.05, 3.63) is 12.2 Å². The Morgan fingerprint density at radius 1 is 1.36 bits per heavy atom. The molecule has 0 aromatic carbocycles. The Hall–Kier alpha value is -0.300. The van der Waals surface area contributed by atoms with E-state index in [1.165, 1.54) is 0 Å². The summed E-state index contributed by atoms with van der Waals surface area (Å²) in [6.07, 6.45) is 6.11. The van der Waals surface area contributed by atoms with Gasteiger partial charge in [0.1, 0.15) is 0 Å². The summed E-state index contributed by atoms with van der Waals surface area (Å²) in [4.78, 5) is 0. The van der Waals surface area contributed by atoms with Gasteiger partial charge < -0.3 is 4.74 Å². The van der Waals surface area contributed by atoms with Crippen molar-refractivity contribution in [2.75, 3.05) is 0 Å². The minimum atomic E-state index is 0.277. The molecule has 64 valence electrons. The lowest BCUT2D eigenvalue weighted by molar-refractivity contribution is -0.0459. The highest BCUT2D eigenvalue weighted by Gasteiger charge is 2.27. The first kappa shape index (κ1) is 8.79. The van der Waals surface area contributed by atoms with Crippen LogP contribution >= 0.6 is 0 Å². The maximum absolute atomic E-state index is 5.76. The lowest BCUT2D eigenvalue weighted by Crippen LogP contribution is -2.33. The van der Waals surface area contributed by atoms with Crippen LogP contribution in [0.4, 0.5) is 0 Å². The zero-order chi connectivity index (χ0) is 8.48. The van der Waals surface area contributed by atoms with E-state index in [-0.39, 0.29) is 5.41 Å². The summed E-state index contributed by atoms with van der Waals surface area (Å²) in [5.41, 5.74) is 0.277. The highest BCUT2D eigenvalue weighted by Crippen LogP contribution is 2.28. The van der Waals surface area contributed by atoms with Crippen LogP contribution in [0.5, 0.6) is 0 Å². The van der Waals surface area contributed by atoms with E-state index in [1.54, 1.807) is 0 Å². The van der Waals surface area contributed by atoms with E-state index in [0.717, 1.165) is 6.42 Å². The molecule has 0 radical (unpaired) electrons. The van der Waals surface area contributed by atoms with Crippen molar-refractivity contribution < 1.29 is 4.74 Å². The van der Waals surface area contributed by atoms with Gasteiger partial charge in [0.05, 0.1) is 12.2 Å². The summed E-state index contributed by atoms with van der Waals surface area (Å²) in [5, 5.41) is 0. The van der Waals surface area contributed by atoms with Crippen molar-refractivity contribution in [1.82, 2.24) is 0 Å². The molecular formula is C10H18O. The van der Waals surface area contributed by atoms with E-state index in [0.29, 0.717) is 12.2 Å². The number of hydrogen-bond donors (Lipinski definition) is 0. The van der Waals surface area contributed by atoms with Crippen LogP contribution in [0.25, 0.3) is 0 Å². The molecule has 0 aliphatic carbocycles. The predicted molar refractivity (Wildman–Crippen MR) is 47.5 cm³/mol. The molecule has 1 heterocycles. The summed E-state index contributed by atoms with van der Waals surface area (Å²) in [7, 11) is 0. The van der Waals surface area contributed by atoms with Crippen LogP contribution < -0.4 is 0 Å². The van der Waals surface area contributed by atoms with Gasteiger partial charge in [0.2, 0.25) is 0 Å². The van der Waals surface area contributed by atoms with Gasteiger partial charge in [-0.15, -0.1) is 0 Å². The van der Waals surface area contributed by atoms with E-state index in [2.05, 4.69) is 39.8 Å². The highest BCUT2D eigenvalue weighted by atomic mass is 16.5. The summed E-state index contributed by atoms with van der Waals surface area (Å²) in [6.45, 7) is 8.77. The molecule has 1 aliphatic rings. The van der Waals surface area contributed by atoms with Crippen molar-refractivity contribution in [2.24, 2.45) is 5.41 Å². The molecule has 0 fully saturated rings. The SMILES string of the molecule is CC1C=CCC(C(C)(C)C)O1. The van der Waals surface area contributed by atoms with Gasteiger partial charge in [0.15, 0.2) is 0 Å². The van der Waals surface area contributed by atoms with Gasteiger partial charge in [-0.3, -0.25) is 0 Å². The molecule has 0 saturated heterocycles. The quantitative estimate of drug-likeness (QED) is 0.487. The van der Waals surface area contributed by atoms with Gasteiger partial charge in [-0.25, -0.2) is 0 Å². The van der Waals surface area contributed by atoms with Crippen LogP contribution in [-0.2, 0) is 4.74 Å². The van der Waals surface area contributed by atoms with Crippen LogP contribution in [0.1, 0.15) is 34.1 Å². The van der Waals surface area contributed by atoms with Crippen molar-refractivity contribution in [2.45, 2.75) is 46.3 Å². The third-order valence-electron chi connectivity index (χ3n) is 2.10. The summed E-state index contributed by atoms with van der Waals surface area (Å²) in [5.74, 6) is 0. The summed E-state index contributed by atoms with van der Waals surface area (Å²) >= 11 is 0.